The second-order valence-corrected chi connectivity index (χ2v) is 4.79. The van der Waals surface area contributed by atoms with Crippen molar-refractivity contribution in [2.45, 2.75) is 39.5 Å². The van der Waals surface area contributed by atoms with Gasteiger partial charge in [-0.2, -0.15) is 4.98 Å². The number of halogens is 1. The highest BCUT2D eigenvalue weighted by Gasteiger charge is 2.18. The molecule has 0 saturated heterocycles. The molecule has 0 atom stereocenters. The Balaban J connectivity index is 2.69. The molecule has 4 nitrogen and oxygen atoms in total. The average molecular weight is 240 g/mol. The molecule has 0 aliphatic rings. The average Bonchev–Trinajstić information content (AvgIpc) is 2.61. The summed E-state index contributed by atoms with van der Waals surface area (Å²) in [6.07, 6.45) is 0. The number of rotatable bonds is 2. The van der Waals surface area contributed by atoms with Gasteiger partial charge in [-0.25, -0.2) is 4.98 Å². The van der Waals surface area contributed by atoms with E-state index in [0.29, 0.717) is 16.7 Å². The Morgan fingerprint density at radius 1 is 1.06 bits per heavy atom. The smallest absolute Gasteiger partial charge is 0.262 e. The van der Waals surface area contributed by atoms with Gasteiger partial charge in [0, 0.05) is 5.92 Å². The molecule has 0 saturated carbocycles. The zero-order valence-corrected chi connectivity index (χ0v) is 10.5. The lowest BCUT2D eigenvalue weighted by Crippen LogP contribution is -1.98. The fraction of sp³-hybridized carbons (Fsp3) is 0.545. The topological polar surface area (TPSA) is 51.8 Å². The number of hydrogen-bond donors (Lipinski definition) is 0. The zero-order valence-electron chi connectivity index (χ0n) is 9.78. The summed E-state index contributed by atoms with van der Waals surface area (Å²) in [7, 11) is 0. The predicted molar refractivity (Wildman–Crippen MR) is 62.8 cm³/mol. The Hall–Kier alpha value is -1.16. The van der Waals surface area contributed by atoms with Crippen LogP contribution in [0.1, 0.15) is 51.0 Å². The molecule has 0 N–H and O–H groups in total. The molecule has 16 heavy (non-hydrogen) atoms. The second-order valence-electron chi connectivity index (χ2n) is 4.43. The summed E-state index contributed by atoms with van der Waals surface area (Å²) in [6, 6.07) is 0. The van der Waals surface area contributed by atoms with Crippen molar-refractivity contribution in [2.75, 3.05) is 0 Å². The number of aromatic nitrogens is 3. The van der Waals surface area contributed by atoms with Crippen LogP contribution in [0.3, 0.4) is 0 Å². The fourth-order valence-corrected chi connectivity index (χ4v) is 1.77. The highest BCUT2D eigenvalue weighted by Crippen LogP contribution is 2.29. The minimum absolute atomic E-state index is 0.217. The van der Waals surface area contributed by atoms with Gasteiger partial charge in [0.05, 0.1) is 5.69 Å². The van der Waals surface area contributed by atoms with E-state index in [2.05, 4.69) is 15.1 Å². The summed E-state index contributed by atoms with van der Waals surface area (Å²) in [5, 5.41) is 5.16. The van der Waals surface area contributed by atoms with E-state index in [4.69, 9.17) is 16.1 Å². The molecule has 2 rings (SSSR count). The van der Waals surface area contributed by atoms with Gasteiger partial charge in [-0.1, -0.05) is 44.5 Å². The van der Waals surface area contributed by atoms with E-state index in [-0.39, 0.29) is 11.8 Å². The van der Waals surface area contributed by atoms with Gasteiger partial charge in [0.2, 0.25) is 0 Å². The van der Waals surface area contributed by atoms with Crippen molar-refractivity contribution in [3.63, 3.8) is 0 Å². The summed E-state index contributed by atoms with van der Waals surface area (Å²) in [4.78, 5) is 8.58. The van der Waals surface area contributed by atoms with Crippen LogP contribution in [0, 0.1) is 0 Å². The van der Waals surface area contributed by atoms with Crippen LogP contribution < -0.4 is 0 Å². The largest absolute Gasteiger partial charge is 0.335 e. The lowest BCUT2D eigenvalue weighted by atomic mass is 10.1. The molecule has 0 aliphatic carbocycles. The van der Waals surface area contributed by atoms with Gasteiger partial charge < -0.3 is 4.52 Å². The van der Waals surface area contributed by atoms with E-state index >= 15 is 0 Å². The van der Waals surface area contributed by atoms with E-state index in [1.165, 1.54) is 0 Å². The molecule has 0 aliphatic heterocycles. The van der Waals surface area contributed by atoms with Crippen molar-refractivity contribution in [3.8, 4) is 0 Å². The molecule has 2 aromatic heterocycles. The molecular formula is C11H14ClN3O. The molecule has 0 bridgehead atoms. The quantitative estimate of drug-likeness (QED) is 0.753. The minimum Gasteiger partial charge on any atom is -0.335 e. The van der Waals surface area contributed by atoms with Crippen molar-refractivity contribution >= 4 is 22.7 Å². The van der Waals surface area contributed by atoms with Gasteiger partial charge in [-0.3, -0.25) is 0 Å². The lowest BCUT2D eigenvalue weighted by Gasteiger charge is -2.04. The van der Waals surface area contributed by atoms with E-state index < -0.39 is 0 Å². The van der Waals surface area contributed by atoms with Gasteiger partial charge >= 0.3 is 0 Å². The van der Waals surface area contributed by atoms with Crippen LogP contribution in [-0.4, -0.2) is 15.1 Å². The van der Waals surface area contributed by atoms with Crippen molar-refractivity contribution in [3.05, 3.63) is 16.7 Å². The maximum absolute atomic E-state index is 6.15. The third kappa shape index (κ3) is 1.78. The molecule has 0 radical (unpaired) electrons. The van der Waals surface area contributed by atoms with E-state index in [0.717, 1.165) is 11.1 Å². The Morgan fingerprint density at radius 2 is 1.75 bits per heavy atom. The highest BCUT2D eigenvalue weighted by molar-refractivity contribution is 6.34. The normalized spacial score (nSPS) is 11.9. The first-order valence-electron chi connectivity index (χ1n) is 5.33. The van der Waals surface area contributed by atoms with Crippen LogP contribution in [0.25, 0.3) is 11.1 Å². The maximum Gasteiger partial charge on any atom is 0.262 e. The SMILES string of the molecule is CC(C)c1nc(Cl)c2c(C(C)C)noc2n1. The predicted octanol–water partition coefficient (Wildman–Crippen LogP) is 3.52. The van der Waals surface area contributed by atoms with Gasteiger partial charge in [0.15, 0.2) is 0 Å². The molecule has 86 valence electrons. The fourth-order valence-electron chi connectivity index (χ4n) is 1.50. The first-order valence-corrected chi connectivity index (χ1v) is 5.71. The van der Waals surface area contributed by atoms with Crippen LogP contribution in [0.5, 0.6) is 0 Å². The minimum atomic E-state index is 0.217. The van der Waals surface area contributed by atoms with Gasteiger partial charge in [-0.15, -0.1) is 0 Å². The molecule has 2 aromatic rings. The van der Waals surface area contributed by atoms with Gasteiger partial charge in [0.1, 0.15) is 16.4 Å². The van der Waals surface area contributed by atoms with Crippen molar-refractivity contribution < 1.29 is 4.52 Å². The van der Waals surface area contributed by atoms with E-state index in [1.54, 1.807) is 0 Å². The molecule has 0 aromatic carbocycles. The van der Waals surface area contributed by atoms with Crippen LogP contribution in [0.2, 0.25) is 5.15 Å². The lowest BCUT2D eigenvalue weighted by molar-refractivity contribution is 0.433. The Labute approximate surface area is 99.0 Å². The standard InChI is InChI=1S/C11H14ClN3O/c1-5(2)8-7-9(12)13-10(6(3)4)14-11(7)16-15-8/h5-6H,1-4H3. The molecule has 0 amide bonds. The summed E-state index contributed by atoms with van der Waals surface area (Å²) >= 11 is 6.15. The Bertz CT molecular complexity index is 519. The molecule has 5 heteroatoms. The first kappa shape index (κ1) is 11.3. The zero-order chi connectivity index (χ0) is 11.9. The molecule has 0 unspecified atom stereocenters. The number of hydrogen-bond acceptors (Lipinski definition) is 4. The third-order valence-electron chi connectivity index (χ3n) is 2.40. The highest BCUT2D eigenvalue weighted by atomic mass is 35.5. The van der Waals surface area contributed by atoms with Gasteiger partial charge in [0.25, 0.3) is 5.71 Å². The summed E-state index contributed by atoms with van der Waals surface area (Å²) in [6.45, 7) is 8.09. The van der Waals surface area contributed by atoms with Crippen LogP contribution >= 0.6 is 11.6 Å². The first-order chi connectivity index (χ1) is 7.50. The van der Waals surface area contributed by atoms with Gasteiger partial charge in [-0.05, 0) is 5.92 Å². The monoisotopic (exact) mass is 239 g/mol. The molecule has 0 fully saturated rings. The second kappa shape index (κ2) is 4.01. The molecule has 0 spiro atoms. The van der Waals surface area contributed by atoms with E-state index in [9.17, 15) is 0 Å². The van der Waals surface area contributed by atoms with Crippen LogP contribution in [0.15, 0.2) is 4.52 Å². The Kier molecular flexibility index (Phi) is 2.84. The molecular weight excluding hydrogens is 226 g/mol. The van der Waals surface area contributed by atoms with Crippen molar-refractivity contribution in [1.29, 1.82) is 0 Å². The molecule has 2 heterocycles. The summed E-state index contributed by atoms with van der Waals surface area (Å²) in [5.41, 5.74) is 1.29. The summed E-state index contributed by atoms with van der Waals surface area (Å²) < 4.78 is 5.20. The van der Waals surface area contributed by atoms with Crippen molar-refractivity contribution in [1.82, 2.24) is 15.1 Å². The number of nitrogens with zero attached hydrogens (tertiary/aromatic N) is 3. The maximum atomic E-state index is 6.15. The third-order valence-corrected chi connectivity index (χ3v) is 2.67. The van der Waals surface area contributed by atoms with Crippen LogP contribution in [0.4, 0.5) is 0 Å². The van der Waals surface area contributed by atoms with E-state index in [1.807, 2.05) is 27.7 Å². The Morgan fingerprint density at radius 3 is 2.31 bits per heavy atom. The number of fused-ring (bicyclic) bond motifs is 1. The summed E-state index contributed by atoms with van der Waals surface area (Å²) in [5.74, 6) is 1.14. The van der Waals surface area contributed by atoms with Crippen LogP contribution in [-0.2, 0) is 0 Å². The van der Waals surface area contributed by atoms with Crippen molar-refractivity contribution in [2.24, 2.45) is 0 Å².